The Kier molecular flexibility index (Phi) is 6.02. The second kappa shape index (κ2) is 7.93. The van der Waals surface area contributed by atoms with Crippen LogP contribution >= 0.6 is 23.2 Å². The third-order valence-corrected chi connectivity index (χ3v) is 6.02. The van der Waals surface area contributed by atoms with E-state index in [0.29, 0.717) is 10.0 Å². The summed E-state index contributed by atoms with van der Waals surface area (Å²) in [5.74, 6) is 0.215. The number of hydrogen-bond donors (Lipinski definition) is 1. The van der Waals surface area contributed by atoms with Gasteiger partial charge in [0, 0.05) is 57.0 Å². The molecule has 1 aromatic rings. The topological polar surface area (TPSA) is 38.8 Å². The molecule has 2 saturated heterocycles. The predicted octanol–water partition coefficient (Wildman–Crippen LogP) is 2.71. The van der Waals surface area contributed by atoms with Crippen LogP contribution in [0.1, 0.15) is 20.8 Å². The van der Waals surface area contributed by atoms with Gasteiger partial charge in [-0.15, -0.1) is 0 Å². The molecule has 5 nitrogen and oxygen atoms in total. The fourth-order valence-corrected chi connectivity index (χ4v) is 3.90. The quantitative estimate of drug-likeness (QED) is 0.830. The van der Waals surface area contributed by atoms with E-state index < -0.39 is 0 Å². The van der Waals surface area contributed by atoms with Gasteiger partial charge in [-0.05, 0) is 39.0 Å². The Bertz CT molecular complexity index is 653. The smallest absolute Gasteiger partial charge is 0.241 e. The number of rotatable bonds is 2. The molecule has 1 amide bonds. The average Bonchev–Trinajstić information content (AvgIpc) is 2.63. The van der Waals surface area contributed by atoms with Crippen molar-refractivity contribution in [3.63, 3.8) is 0 Å². The summed E-state index contributed by atoms with van der Waals surface area (Å²) in [5.41, 5.74) is 1.15. The largest absolute Gasteiger partial charge is 0.368 e. The van der Waals surface area contributed by atoms with Crippen LogP contribution in [0.2, 0.25) is 10.0 Å². The molecule has 0 saturated carbocycles. The SMILES string of the molecule is CC(C)(C)N1CCN[C@@H](C(=O)N2CCN(c3ccc(Cl)c(Cl)c3)CC2)C1. The van der Waals surface area contributed by atoms with Gasteiger partial charge in [-0.1, -0.05) is 23.2 Å². The molecule has 0 radical (unpaired) electrons. The number of carbonyl (C=O) groups is 1. The van der Waals surface area contributed by atoms with Gasteiger partial charge in [0.15, 0.2) is 0 Å². The minimum Gasteiger partial charge on any atom is -0.368 e. The highest BCUT2D eigenvalue weighted by Crippen LogP contribution is 2.28. The van der Waals surface area contributed by atoms with Crippen molar-refractivity contribution in [3.05, 3.63) is 28.2 Å². The second-order valence-corrected chi connectivity index (χ2v) is 8.85. The third kappa shape index (κ3) is 4.45. The molecule has 7 heteroatoms. The van der Waals surface area contributed by atoms with Gasteiger partial charge in [0.1, 0.15) is 0 Å². The van der Waals surface area contributed by atoms with Crippen LogP contribution in [0.15, 0.2) is 18.2 Å². The number of halogens is 2. The summed E-state index contributed by atoms with van der Waals surface area (Å²) in [6, 6.07) is 5.59. The first-order valence-corrected chi connectivity index (χ1v) is 9.98. The van der Waals surface area contributed by atoms with E-state index in [-0.39, 0.29) is 17.5 Å². The average molecular weight is 399 g/mol. The van der Waals surface area contributed by atoms with E-state index in [1.165, 1.54) is 0 Å². The molecule has 2 aliphatic heterocycles. The van der Waals surface area contributed by atoms with E-state index in [4.69, 9.17) is 23.2 Å². The summed E-state index contributed by atoms with van der Waals surface area (Å²) in [4.78, 5) is 19.6. The summed E-state index contributed by atoms with van der Waals surface area (Å²) >= 11 is 12.1. The lowest BCUT2D eigenvalue weighted by molar-refractivity contribution is -0.135. The molecule has 1 aromatic carbocycles. The number of benzene rings is 1. The molecule has 0 bridgehead atoms. The van der Waals surface area contributed by atoms with Crippen molar-refractivity contribution in [2.75, 3.05) is 50.7 Å². The van der Waals surface area contributed by atoms with Crippen LogP contribution < -0.4 is 10.2 Å². The fourth-order valence-electron chi connectivity index (χ4n) is 3.61. The molecule has 3 rings (SSSR count). The van der Waals surface area contributed by atoms with Crippen molar-refractivity contribution in [3.8, 4) is 0 Å². The zero-order valence-electron chi connectivity index (χ0n) is 15.8. The predicted molar refractivity (Wildman–Crippen MR) is 108 cm³/mol. The van der Waals surface area contributed by atoms with Crippen LogP contribution in [0, 0.1) is 0 Å². The number of hydrogen-bond acceptors (Lipinski definition) is 4. The number of nitrogens with zero attached hydrogens (tertiary/aromatic N) is 3. The van der Waals surface area contributed by atoms with Gasteiger partial charge in [0.05, 0.1) is 16.1 Å². The Labute approximate surface area is 166 Å². The van der Waals surface area contributed by atoms with E-state index in [1.54, 1.807) is 0 Å². The minimum absolute atomic E-state index is 0.0905. The number of anilines is 1. The maximum Gasteiger partial charge on any atom is 0.241 e. The molecular formula is C19H28Cl2N4O. The highest BCUT2D eigenvalue weighted by Gasteiger charge is 2.34. The van der Waals surface area contributed by atoms with Crippen LogP contribution in [0.5, 0.6) is 0 Å². The monoisotopic (exact) mass is 398 g/mol. The standard InChI is InChI=1S/C19H28Cl2N4O/c1-19(2,3)25-7-6-22-17(13-25)18(26)24-10-8-23(9-11-24)14-4-5-15(20)16(21)12-14/h4-5,12,17,22H,6-11,13H2,1-3H3/t17-/m1/s1. The fraction of sp³-hybridized carbons (Fsp3) is 0.632. The van der Waals surface area contributed by atoms with Gasteiger partial charge in [0.25, 0.3) is 0 Å². The van der Waals surface area contributed by atoms with E-state index in [2.05, 4.69) is 35.9 Å². The van der Waals surface area contributed by atoms with Gasteiger partial charge in [0.2, 0.25) is 5.91 Å². The molecule has 1 atom stereocenters. The van der Waals surface area contributed by atoms with Crippen LogP contribution in [0.25, 0.3) is 0 Å². The summed E-state index contributed by atoms with van der Waals surface area (Å²) in [6.45, 7) is 12.3. The molecule has 2 fully saturated rings. The van der Waals surface area contributed by atoms with Crippen LogP contribution in [0.3, 0.4) is 0 Å². The first kappa shape index (κ1) is 19.7. The van der Waals surface area contributed by atoms with Crippen molar-refractivity contribution in [1.82, 2.24) is 15.1 Å². The number of amides is 1. The first-order valence-electron chi connectivity index (χ1n) is 9.23. The number of nitrogens with one attached hydrogen (secondary N) is 1. The number of carbonyl (C=O) groups excluding carboxylic acids is 1. The molecule has 2 aliphatic rings. The molecule has 0 aliphatic carbocycles. The van der Waals surface area contributed by atoms with E-state index in [0.717, 1.165) is 51.5 Å². The lowest BCUT2D eigenvalue weighted by Gasteiger charge is -2.43. The summed E-state index contributed by atoms with van der Waals surface area (Å²) < 4.78 is 0. The van der Waals surface area contributed by atoms with Crippen molar-refractivity contribution >= 4 is 34.8 Å². The highest BCUT2D eigenvalue weighted by atomic mass is 35.5. The van der Waals surface area contributed by atoms with Gasteiger partial charge >= 0.3 is 0 Å². The molecule has 2 heterocycles. The zero-order chi connectivity index (χ0) is 18.9. The molecular weight excluding hydrogens is 371 g/mol. The van der Waals surface area contributed by atoms with Crippen molar-refractivity contribution in [1.29, 1.82) is 0 Å². The van der Waals surface area contributed by atoms with Crippen LogP contribution in [-0.2, 0) is 4.79 Å². The van der Waals surface area contributed by atoms with Gasteiger partial charge < -0.3 is 15.1 Å². The van der Waals surface area contributed by atoms with Gasteiger partial charge in [-0.25, -0.2) is 0 Å². The van der Waals surface area contributed by atoms with Gasteiger partial charge in [-0.2, -0.15) is 0 Å². The normalized spacial score (nSPS) is 22.6. The Morgan fingerprint density at radius 1 is 1.08 bits per heavy atom. The minimum atomic E-state index is -0.112. The third-order valence-electron chi connectivity index (χ3n) is 5.28. The maximum atomic E-state index is 12.9. The molecule has 144 valence electrons. The van der Waals surface area contributed by atoms with Gasteiger partial charge in [-0.3, -0.25) is 9.69 Å². The van der Waals surface area contributed by atoms with E-state index in [1.807, 2.05) is 23.1 Å². The lowest BCUT2D eigenvalue weighted by Crippen LogP contribution is -2.63. The van der Waals surface area contributed by atoms with Crippen molar-refractivity contribution in [2.45, 2.75) is 32.4 Å². The summed E-state index contributed by atoms with van der Waals surface area (Å²) in [7, 11) is 0. The Morgan fingerprint density at radius 2 is 1.77 bits per heavy atom. The van der Waals surface area contributed by atoms with Crippen LogP contribution in [-0.4, -0.2) is 73.1 Å². The highest BCUT2D eigenvalue weighted by molar-refractivity contribution is 6.42. The van der Waals surface area contributed by atoms with Crippen molar-refractivity contribution < 1.29 is 4.79 Å². The molecule has 26 heavy (non-hydrogen) atoms. The summed E-state index contributed by atoms with van der Waals surface area (Å²) in [6.07, 6.45) is 0. The zero-order valence-corrected chi connectivity index (χ0v) is 17.3. The molecule has 0 unspecified atom stereocenters. The lowest BCUT2D eigenvalue weighted by atomic mass is 10.0. The maximum absolute atomic E-state index is 12.9. The molecule has 0 aromatic heterocycles. The number of piperazine rings is 2. The first-order chi connectivity index (χ1) is 12.3. The van der Waals surface area contributed by atoms with Crippen molar-refractivity contribution in [2.24, 2.45) is 0 Å². The summed E-state index contributed by atoms with van der Waals surface area (Å²) in [5, 5.41) is 4.53. The molecule has 0 spiro atoms. The Hall–Kier alpha value is -1.01. The Morgan fingerprint density at radius 3 is 2.38 bits per heavy atom. The van der Waals surface area contributed by atoms with E-state index >= 15 is 0 Å². The Balaban J connectivity index is 1.57. The molecule has 1 N–H and O–H groups in total. The van der Waals surface area contributed by atoms with Crippen LogP contribution in [0.4, 0.5) is 5.69 Å². The second-order valence-electron chi connectivity index (χ2n) is 8.03. The van der Waals surface area contributed by atoms with E-state index in [9.17, 15) is 4.79 Å².